The van der Waals surface area contributed by atoms with Crippen LogP contribution < -0.4 is 5.56 Å². The van der Waals surface area contributed by atoms with Crippen LogP contribution in [-0.4, -0.2) is 38.5 Å². The number of nitrogens with zero attached hydrogens (tertiary/aromatic N) is 5. The molecule has 3 aromatic rings. The molecule has 2 aromatic heterocycles. The molecule has 186 valence electrons. The van der Waals surface area contributed by atoms with Crippen LogP contribution >= 0.6 is 0 Å². The van der Waals surface area contributed by atoms with Crippen LogP contribution in [-0.2, 0) is 6.42 Å². The average Bonchev–Trinajstić information content (AvgIpc) is 3.19. The van der Waals surface area contributed by atoms with Gasteiger partial charge in [-0.15, -0.1) is 0 Å². The topological polar surface area (TPSA) is 87.2 Å². The number of hydrogen-bond acceptors (Lipinski definition) is 6. The Morgan fingerprint density at radius 3 is 2.78 bits per heavy atom. The van der Waals surface area contributed by atoms with E-state index < -0.39 is 0 Å². The SMILES string of the molecule is C/C=C/N1CC=CCC=N1.C=C(C=N)Cc1cc2c(=O)n(C3CCCCC3)cnc2c2cccnc12. The van der Waals surface area contributed by atoms with Gasteiger partial charge in [-0.25, -0.2) is 4.98 Å². The average molecular weight is 483 g/mol. The van der Waals surface area contributed by atoms with Crippen LogP contribution in [0.3, 0.4) is 0 Å². The molecule has 1 aliphatic heterocycles. The molecule has 36 heavy (non-hydrogen) atoms. The molecule has 3 heterocycles. The Morgan fingerprint density at radius 1 is 1.17 bits per heavy atom. The second-order valence-corrected chi connectivity index (χ2v) is 9.17. The van der Waals surface area contributed by atoms with Crippen molar-refractivity contribution in [3.05, 3.63) is 83.2 Å². The molecular weight excluding hydrogens is 448 g/mol. The van der Waals surface area contributed by atoms with Gasteiger partial charge in [0.15, 0.2) is 0 Å². The van der Waals surface area contributed by atoms with E-state index in [2.05, 4.69) is 33.8 Å². The Kier molecular flexibility index (Phi) is 8.55. The third-order valence-electron chi connectivity index (χ3n) is 6.56. The first-order chi connectivity index (χ1) is 17.6. The summed E-state index contributed by atoms with van der Waals surface area (Å²) >= 11 is 0. The lowest BCUT2D eigenvalue weighted by Gasteiger charge is -2.24. The minimum absolute atomic E-state index is 0.0226. The van der Waals surface area contributed by atoms with E-state index in [1.165, 1.54) is 25.5 Å². The molecule has 1 fully saturated rings. The van der Waals surface area contributed by atoms with Crippen molar-refractivity contribution in [2.24, 2.45) is 5.10 Å². The fraction of sp³-hybridized carbons (Fsp3) is 0.345. The number of hydrazone groups is 1. The molecule has 0 spiro atoms. The quantitative estimate of drug-likeness (QED) is 0.276. The Bertz CT molecular complexity index is 1380. The highest BCUT2D eigenvalue weighted by Crippen LogP contribution is 2.29. The van der Waals surface area contributed by atoms with Gasteiger partial charge >= 0.3 is 0 Å². The van der Waals surface area contributed by atoms with Crippen molar-refractivity contribution in [2.45, 2.75) is 57.9 Å². The Balaban J connectivity index is 0.000000256. The molecule has 0 bridgehead atoms. The van der Waals surface area contributed by atoms with Crippen molar-refractivity contribution >= 4 is 34.2 Å². The van der Waals surface area contributed by atoms with E-state index >= 15 is 0 Å². The zero-order chi connectivity index (χ0) is 25.3. The minimum atomic E-state index is 0.0226. The molecule has 0 unspecified atom stereocenters. The van der Waals surface area contributed by atoms with Gasteiger partial charge in [-0.05, 0) is 49.1 Å². The Morgan fingerprint density at radius 2 is 2.00 bits per heavy atom. The zero-order valence-corrected chi connectivity index (χ0v) is 20.9. The largest absolute Gasteiger partial charge is 0.308 e. The number of benzene rings is 1. The normalized spacial score (nSPS) is 16.2. The third kappa shape index (κ3) is 5.85. The number of pyridine rings is 1. The second kappa shape index (κ2) is 12.2. The van der Waals surface area contributed by atoms with Crippen LogP contribution in [0.4, 0.5) is 0 Å². The summed E-state index contributed by atoms with van der Waals surface area (Å²) in [5, 5.41) is 15.0. The van der Waals surface area contributed by atoms with Gasteiger partial charge < -0.3 is 5.41 Å². The number of nitrogens with one attached hydrogen (secondary N) is 1. The van der Waals surface area contributed by atoms with E-state index in [1.54, 1.807) is 12.5 Å². The van der Waals surface area contributed by atoms with Crippen molar-refractivity contribution in [3.63, 3.8) is 0 Å². The van der Waals surface area contributed by atoms with Crippen molar-refractivity contribution < 1.29 is 0 Å². The van der Waals surface area contributed by atoms with Crippen LogP contribution in [0.25, 0.3) is 21.8 Å². The predicted octanol–water partition coefficient (Wildman–Crippen LogP) is 5.97. The minimum Gasteiger partial charge on any atom is -0.308 e. The Hall–Kier alpha value is -3.87. The van der Waals surface area contributed by atoms with Crippen molar-refractivity contribution in [1.82, 2.24) is 19.5 Å². The summed E-state index contributed by atoms with van der Waals surface area (Å²) in [5.41, 5.74) is 3.16. The molecular formula is C29H34N6O. The summed E-state index contributed by atoms with van der Waals surface area (Å²) in [4.78, 5) is 22.4. The van der Waals surface area contributed by atoms with Gasteiger partial charge in [0.05, 0.1) is 29.3 Å². The van der Waals surface area contributed by atoms with Gasteiger partial charge in [0.25, 0.3) is 5.56 Å². The summed E-state index contributed by atoms with van der Waals surface area (Å²) in [5.74, 6) is 0. The lowest BCUT2D eigenvalue weighted by atomic mass is 9.95. The summed E-state index contributed by atoms with van der Waals surface area (Å²) in [6.07, 6.45) is 21.9. The van der Waals surface area contributed by atoms with E-state index in [9.17, 15) is 4.79 Å². The van der Waals surface area contributed by atoms with Crippen molar-refractivity contribution in [2.75, 3.05) is 6.54 Å². The van der Waals surface area contributed by atoms with Crippen LogP contribution in [0.5, 0.6) is 0 Å². The molecule has 1 saturated carbocycles. The summed E-state index contributed by atoms with van der Waals surface area (Å²) < 4.78 is 1.82. The smallest absolute Gasteiger partial charge is 0.261 e. The van der Waals surface area contributed by atoms with Gasteiger partial charge in [-0.3, -0.25) is 19.4 Å². The molecule has 1 aliphatic carbocycles. The molecule has 0 amide bonds. The molecule has 7 heteroatoms. The highest BCUT2D eigenvalue weighted by molar-refractivity contribution is 6.05. The van der Waals surface area contributed by atoms with Gasteiger partial charge in [0.2, 0.25) is 0 Å². The van der Waals surface area contributed by atoms with Gasteiger partial charge in [0, 0.05) is 49.1 Å². The van der Waals surface area contributed by atoms with Gasteiger partial charge in [0.1, 0.15) is 0 Å². The first-order valence-electron chi connectivity index (χ1n) is 12.6. The van der Waals surface area contributed by atoms with Crippen LogP contribution in [0.2, 0.25) is 0 Å². The molecule has 2 aliphatic rings. The standard InChI is InChI=1S/C21H22N4O.C8H12N2/c1-14(12-22)10-15-11-18-20(17-8-5-9-23-19(15)17)24-13-25(21(18)26)16-6-3-2-4-7-16;1-2-7-10-8-5-3-4-6-9-10/h5,8-9,11-13,16,22H,1-4,6-7,10H2;2-3,5-7H,4,8H2,1H3/b;7-2+. The van der Waals surface area contributed by atoms with Gasteiger partial charge in [-0.2, -0.15) is 5.10 Å². The summed E-state index contributed by atoms with van der Waals surface area (Å²) in [7, 11) is 0. The number of hydrogen-bond donors (Lipinski definition) is 1. The molecule has 0 saturated heterocycles. The lowest BCUT2D eigenvalue weighted by molar-refractivity contribution is 0.345. The highest BCUT2D eigenvalue weighted by atomic mass is 16.1. The summed E-state index contributed by atoms with van der Waals surface area (Å²) in [6, 6.07) is 5.97. The maximum atomic E-state index is 13.2. The summed E-state index contributed by atoms with van der Waals surface area (Å²) in [6.45, 7) is 6.78. The zero-order valence-electron chi connectivity index (χ0n) is 20.9. The predicted molar refractivity (Wildman–Crippen MR) is 149 cm³/mol. The van der Waals surface area contributed by atoms with Crippen molar-refractivity contribution in [1.29, 1.82) is 5.41 Å². The molecule has 7 nitrogen and oxygen atoms in total. The molecule has 1 aromatic carbocycles. The molecule has 1 N–H and O–H groups in total. The third-order valence-corrected chi connectivity index (χ3v) is 6.56. The first kappa shape index (κ1) is 25.2. The van der Waals surface area contributed by atoms with E-state index in [0.717, 1.165) is 42.3 Å². The van der Waals surface area contributed by atoms with E-state index in [0.29, 0.717) is 22.9 Å². The lowest BCUT2D eigenvalue weighted by Crippen LogP contribution is -2.26. The van der Waals surface area contributed by atoms with Crippen LogP contribution in [0.1, 0.15) is 57.1 Å². The highest BCUT2D eigenvalue weighted by Gasteiger charge is 2.19. The Labute approximate surface area is 212 Å². The second-order valence-electron chi connectivity index (χ2n) is 9.17. The van der Waals surface area contributed by atoms with Crippen molar-refractivity contribution in [3.8, 4) is 0 Å². The maximum absolute atomic E-state index is 13.2. The first-order valence-corrected chi connectivity index (χ1v) is 12.6. The fourth-order valence-electron chi connectivity index (χ4n) is 4.78. The fourth-order valence-corrected chi connectivity index (χ4v) is 4.78. The van der Waals surface area contributed by atoms with Crippen LogP contribution in [0, 0.1) is 5.41 Å². The van der Waals surface area contributed by atoms with E-state index in [4.69, 9.17) is 5.41 Å². The number of allylic oxidation sites excluding steroid dienone is 3. The van der Waals surface area contributed by atoms with Crippen LogP contribution in [0.15, 0.2) is 77.2 Å². The van der Waals surface area contributed by atoms with Gasteiger partial charge in [-0.1, -0.05) is 44.1 Å². The molecule has 0 atom stereocenters. The maximum Gasteiger partial charge on any atom is 0.261 e. The number of rotatable bonds is 5. The molecule has 5 rings (SSSR count). The number of aromatic nitrogens is 3. The monoisotopic (exact) mass is 482 g/mol. The molecule has 0 radical (unpaired) electrons. The van der Waals surface area contributed by atoms with E-state index in [1.807, 2.05) is 53.2 Å². The van der Waals surface area contributed by atoms with E-state index in [-0.39, 0.29) is 11.6 Å². The number of fused-ring (bicyclic) bond motifs is 3.